The van der Waals surface area contributed by atoms with E-state index in [1.54, 1.807) is 18.4 Å². The van der Waals surface area contributed by atoms with Crippen molar-refractivity contribution in [2.75, 3.05) is 25.1 Å². The normalized spacial score (nSPS) is 17.2. The number of thiazole rings is 1. The van der Waals surface area contributed by atoms with Gasteiger partial charge >= 0.3 is 0 Å². The van der Waals surface area contributed by atoms with Crippen molar-refractivity contribution in [3.8, 4) is 5.75 Å². The Morgan fingerprint density at radius 2 is 2.32 bits per heavy atom. The summed E-state index contributed by atoms with van der Waals surface area (Å²) in [5.41, 5.74) is 1.89. The Bertz CT molecular complexity index is 859. The van der Waals surface area contributed by atoms with E-state index < -0.39 is 0 Å². The molecule has 1 aliphatic rings. The predicted molar refractivity (Wildman–Crippen MR) is 98.5 cm³/mol. The van der Waals surface area contributed by atoms with E-state index in [1.807, 2.05) is 40.4 Å². The molecule has 1 aromatic carbocycles. The molecular formula is C18H20N4O2S. The van der Waals surface area contributed by atoms with Crippen LogP contribution in [0.1, 0.15) is 12.1 Å². The van der Waals surface area contributed by atoms with Crippen LogP contribution in [0.4, 0.5) is 5.69 Å². The number of ether oxygens (including phenoxy) is 1. The van der Waals surface area contributed by atoms with Crippen LogP contribution in [0.3, 0.4) is 0 Å². The molecule has 130 valence electrons. The van der Waals surface area contributed by atoms with Gasteiger partial charge in [0.15, 0.2) is 4.96 Å². The van der Waals surface area contributed by atoms with Crippen molar-refractivity contribution in [1.29, 1.82) is 0 Å². The Morgan fingerprint density at radius 1 is 1.44 bits per heavy atom. The highest BCUT2D eigenvalue weighted by molar-refractivity contribution is 7.15. The lowest BCUT2D eigenvalue weighted by Crippen LogP contribution is -2.38. The van der Waals surface area contributed by atoms with Crippen LogP contribution in [0.25, 0.3) is 4.96 Å². The summed E-state index contributed by atoms with van der Waals surface area (Å²) in [5, 5.41) is 5.12. The van der Waals surface area contributed by atoms with Gasteiger partial charge in [-0.05, 0) is 18.6 Å². The Balaban J connectivity index is 1.35. The number of benzene rings is 1. The minimum Gasteiger partial charge on any atom is -0.495 e. The van der Waals surface area contributed by atoms with Crippen LogP contribution < -0.4 is 15.0 Å². The summed E-state index contributed by atoms with van der Waals surface area (Å²) in [7, 11) is 1.68. The molecule has 1 fully saturated rings. The highest BCUT2D eigenvalue weighted by Gasteiger charge is 2.25. The number of methoxy groups -OCH3 is 1. The van der Waals surface area contributed by atoms with E-state index in [2.05, 4.69) is 21.3 Å². The van der Waals surface area contributed by atoms with Gasteiger partial charge in [0.25, 0.3) is 0 Å². The predicted octanol–water partition coefficient (Wildman–Crippen LogP) is 2.34. The summed E-state index contributed by atoms with van der Waals surface area (Å²) in [6.45, 7) is 1.70. The first-order valence-electron chi connectivity index (χ1n) is 8.31. The van der Waals surface area contributed by atoms with Crippen molar-refractivity contribution in [3.63, 3.8) is 0 Å². The van der Waals surface area contributed by atoms with Crippen molar-refractivity contribution in [2.24, 2.45) is 0 Å². The van der Waals surface area contributed by atoms with Gasteiger partial charge in [0.2, 0.25) is 5.91 Å². The molecule has 1 amide bonds. The van der Waals surface area contributed by atoms with Gasteiger partial charge in [0, 0.05) is 36.9 Å². The highest BCUT2D eigenvalue weighted by Crippen LogP contribution is 2.30. The van der Waals surface area contributed by atoms with E-state index in [4.69, 9.17) is 4.74 Å². The van der Waals surface area contributed by atoms with Gasteiger partial charge in [-0.25, -0.2) is 4.98 Å². The van der Waals surface area contributed by atoms with Crippen LogP contribution in [0.5, 0.6) is 5.75 Å². The summed E-state index contributed by atoms with van der Waals surface area (Å²) in [6, 6.07) is 8.15. The second-order valence-electron chi connectivity index (χ2n) is 6.17. The second-order valence-corrected chi connectivity index (χ2v) is 7.05. The van der Waals surface area contributed by atoms with Crippen LogP contribution in [-0.4, -0.2) is 41.5 Å². The number of hydrogen-bond acceptors (Lipinski definition) is 5. The molecule has 25 heavy (non-hydrogen) atoms. The topological polar surface area (TPSA) is 58.9 Å². The quantitative estimate of drug-likeness (QED) is 0.762. The van der Waals surface area contributed by atoms with Gasteiger partial charge in [0.1, 0.15) is 5.75 Å². The fraction of sp³-hybridized carbons (Fsp3) is 0.333. The summed E-state index contributed by atoms with van der Waals surface area (Å²) in [5.74, 6) is 0.894. The van der Waals surface area contributed by atoms with Crippen LogP contribution in [0, 0.1) is 0 Å². The highest BCUT2D eigenvalue weighted by atomic mass is 32.1. The molecule has 4 rings (SSSR count). The first kappa shape index (κ1) is 16.0. The number of carbonyl (C=O) groups excluding carboxylic acids is 1. The van der Waals surface area contributed by atoms with E-state index in [1.165, 1.54) is 0 Å². The number of rotatable bonds is 5. The third-order valence-electron chi connectivity index (χ3n) is 4.46. The standard InChI is InChI=1S/C18H20N4O2S/c1-24-16-5-3-2-4-15(16)21-7-6-13(11-21)19-17(23)10-14-12-22-8-9-25-18(22)20-14/h2-5,8-9,12-13H,6-7,10-11H2,1H3,(H,19,23). The molecule has 7 heteroatoms. The molecule has 1 N–H and O–H groups in total. The third kappa shape index (κ3) is 3.32. The van der Waals surface area contributed by atoms with Crippen LogP contribution >= 0.6 is 11.3 Å². The lowest BCUT2D eigenvalue weighted by Gasteiger charge is -2.21. The Morgan fingerprint density at radius 3 is 3.16 bits per heavy atom. The molecule has 1 unspecified atom stereocenters. The van der Waals surface area contributed by atoms with Crippen molar-refractivity contribution in [2.45, 2.75) is 18.9 Å². The number of carbonyl (C=O) groups is 1. The minimum atomic E-state index is 0.0256. The van der Waals surface area contributed by atoms with Gasteiger partial charge in [-0.1, -0.05) is 12.1 Å². The molecule has 0 bridgehead atoms. The van der Waals surface area contributed by atoms with Crippen LogP contribution in [0.2, 0.25) is 0 Å². The fourth-order valence-corrected chi connectivity index (χ4v) is 4.01. The maximum absolute atomic E-state index is 12.3. The number of para-hydroxylation sites is 2. The molecular weight excluding hydrogens is 336 g/mol. The number of nitrogens with one attached hydrogen (secondary N) is 1. The molecule has 3 aromatic rings. The smallest absolute Gasteiger partial charge is 0.226 e. The zero-order valence-electron chi connectivity index (χ0n) is 14.0. The number of hydrogen-bond donors (Lipinski definition) is 1. The van der Waals surface area contributed by atoms with Crippen LogP contribution in [-0.2, 0) is 11.2 Å². The Labute approximate surface area is 150 Å². The lowest BCUT2D eigenvalue weighted by atomic mass is 10.2. The van der Waals surface area contributed by atoms with E-state index in [9.17, 15) is 4.79 Å². The molecule has 0 spiro atoms. The SMILES string of the molecule is COc1ccccc1N1CCC(NC(=O)Cc2cn3ccsc3n2)C1. The van der Waals surface area contributed by atoms with E-state index in [-0.39, 0.29) is 11.9 Å². The van der Waals surface area contributed by atoms with Crippen molar-refractivity contribution >= 4 is 27.9 Å². The number of fused-ring (bicyclic) bond motifs is 1. The average molecular weight is 356 g/mol. The summed E-state index contributed by atoms with van der Waals surface area (Å²) < 4.78 is 7.39. The van der Waals surface area contributed by atoms with E-state index >= 15 is 0 Å². The van der Waals surface area contributed by atoms with E-state index in [0.29, 0.717) is 6.42 Å². The maximum atomic E-state index is 12.3. The molecule has 0 aliphatic carbocycles. The summed E-state index contributed by atoms with van der Waals surface area (Å²) in [4.78, 5) is 20.0. The fourth-order valence-electron chi connectivity index (χ4n) is 3.29. The van der Waals surface area contributed by atoms with Gasteiger partial charge < -0.3 is 15.0 Å². The van der Waals surface area contributed by atoms with Gasteiger partial charge in [0.05, 0.1) is 24.9 Å². The van der Waals surface area contributed by atoms with Gasteiger partial charge in [-0.3, -0.25) is 9.20 Å². The molecule has 1 saturated heterocycles. The maximum Gasteiger partial charge on any atom is 0.226 e. The second kappa shape index (κ2) is 6.76. The zero-order chi connectivity index (χ0) is 17.2. The van der Waals surface area contributed by atoms with Gasteiger partial charge in [-0.15, -0.1) is 11.3 Å². The van der Waals surface area contributed by atoms with Crippen LogP contribution in [0.15, 0.2) is 42.0 Å². The number of anilines is 1. The Hall–Kier alpha value is -2.54. The first-order chi connectivity index (χ1) is 12.2. The largest absolute Gasteiger partial charge is 0.495 e. The lowest BCUT2D eigenvalue weighted by molar-refractivity contribution is -0.121. The monoisotopic (exact) mass is 356 g/mol. The summed E-state index contributed by atoms with van der Waals surface area (Å²) in [6.07, 6.45) is 5.12. The van der Waals surface area contributed by atoms with Crippen molar-refractivity contribution in [3.05, 3.63) is 47.7 Å². The van der Waals surface area contributed by atoms with E-state index in [0.717, 1.165) is 41.6 Å². The summed E-state index contributed by atoms with van der Waals surface area (Å²) >= 11 is 1.57. The number of aromatic nitrogens is 2. The zero-order valence-corrected chi connectivity index (χ0v) is 14.8. The number of amides is 1. The molecule has 0 radical (unpaired) electrons. The minimum absolute atomic E-state index is 0.0256. The number of nitrogens with zero attached hydrogens (tertiary/aromatic N) is 3. The first-order valence-corrected chi connectivity index (χ1v) is 9.19. The molecule has 3 heterocycles. The van der Waals surface area contributed by atoms with Crippen molar-refractivity contribution < 1.29 is 9.53 Å². The Kier molecular flexibility index (Phi) is 4.31. The molecule has 1 atom stereocenters. The molecule has 0 saturated carbocycles. The molecule has 1 aliphatic heterocycles. The average Bonchev–Trinajstić information content (AvgIpc) is 3.31. The molecule has 6 nitrogen and oxygen atoms in total. The van der Waals surface area contributed by atoms with Crippen molar-refractivity contribution in [1.82, 2.24) is 14.7 Å². The third-order valence-corrected chi connectivity index (χ3v) is 5.23. The van der Waals surface area contributed by atoms with Gasteiger partial charge in [-0.2, -0.15) is 0 Å². The number of imidazole rings is 1. The molecule has 2 aromatic heterocycles.